The molecule has 33 heavy (non-hydrogen) atoms. The summed E-state index contributed by atoms with van der Waals surface area (Å²) < 4.78 is 5.56. The van der Waals surface area contributed by atoms with Gasteiger partial charge in [0.05, 0.1) is 22.5 Å². The number of fused-ring (bicyclic) bond motifs is 2. The van der Waals surface area contributed by atoms with E-state index in [2.05, 4.69) is 15.6 Å². The van der Waals surface area contributed by atoms with Crippen LogP contribution in [0, 0.1) is 0 Å². The number of amides is 4. The summed E-state index contributed by atoms with van der Waals surface area (Å²) in [5, 5.41) is 7.56. The molecule has 3 heterocycles. The van der Waals surface area contributed by atoms with Crippen LogP contribution in [0.2, 0.25) is 0 Å². The third-order valence-corrected chi connectivity index (χ3v) is 6.29. The first-order valence-corrected chi connectivity index (χ1v) is 11.1. The number of aromatic nitrogens is 1. The average Bonchev–Trinajstić information content (AvgIpc) is 3.37. The molecule has 2 N–H and O–H groups in total. The fourth-order valence-corrected chi connectivity index (χ4v) is 4.44. The van der Waals surface area contributed by atoms with Crippen LogP contribution in [0.25, 0.3) is 11.3 Å². The first-order chi connectivity index (χ1) is 15.8. The van der Waals surface area contributed by atoms with E-state index in [1.165, 1.54) is 18.3 Å². The molecule has 0 saturated carbocycles. The molecule has 0 fully saturated rings. The maximum atomic E-state index is 12.8. The number of hydrogen-bond acceptors (Lipinski definition) is 7. The number of hydrogen-bond donors (Lipinski definition) is 2. The van der Waals surface area contributed by atoms with Gasteiger partial charge in [0.2, 0.25) is 5.91 Å². The van der Waals surface area contributed by atoms with E-state index >= 15 is 0 Å². The predicted molar refractivity (Wildman–Crippen MR) is 121 cm³/mol. The SMILES string of the molecule is CC1Oc2ccc(-c3csc(NC(=O)C(C)N4C(=O)c5ccccc5C4=O)n3)cc2NC1=O. The van der Waals surface area contributed by atoms with Crippen LogP contribution in [0.15, 0.2) is 47.8 Å². The van der Waals surface area contributed by atoms with Crippen LogP contribution in [0.3, 0.4) is 0 Å². The number of carbonyl (C=O) groups is 4. The third-order valence-electron chi connectivity index (χ3n) is 5.53. The Bertz CT molecular complexity index is 1300. The van der Waals surface area contributed by atoms with E-state index in [1.807, 2.05) is 6.07 Å². The van der Waals surface area contributed by atoms with Gasteiger partial charge in [0.1, 0.15) is 11.8 Å². The Morgan fingerprint density at radius 3 is 2.55 bits per heavy atom. The standard InChI is InChI=1S/C23H18N4O5S/c1-11(27-21(30)14-5-3-4-6-15(14)22(27)31)19(28)26-23-25-17(10-33-23)13-7-8-18-16(9-13)24-20(29)12(2)32-18/h3-12H,1-2H3,(H,24,29)(H,25,26,28). The van der Waals surface area contributed by atoms with Crippen molar-refractivity contribution in [3.05, 3.63) is 59.0 Å². The number of nitrogens with zero attached hydrogens (tertiary/aromatic N) is 2. The Hall–Kier alpha value is -4.05. The second kappa shape index (κ2) is 7.82. The highest BCUT2D eigenvalue weighted by Gasteiger charge is 2.40. The van der Waals surface area contributed by atoms with Crippen molar-refractivity contribution < 1.29 is 23.9 Å². The van der Waals surface area contributed by atoms with Crippen molar-refractivity contribution in [3.63, 3.8) is 0 Å². The van der Waals surface area contributed by atoms with Crippen molar-refractivity contribution in [2.75, 3.05) is 10.6 Å². The molecule has 2 unspecified atom stereocenters. The Kier molecular flexibility index (Phi) is 4.94. The minimum absolute atomic E-state index is 0.229. The van der Waals surface area contributed by atoms with Crippen LogP contribution < -0.4 is 15.4 Å². The van der Waals surface area contributed by atoms with Gasteiger partial charge in [0.25, 0.3) is 17.7 Å². The summed E-state index contributed by atoms with van der Waals surface area (Å²) in [7, 11) is 0. The molecule has 0 saturated heterocycles. The molecule has 10 heteroatoms. The normalized spacial score (nSPS) is 17.7. The zero-order chi connectivity index (χ0) is 23.3. The molecule has 4 amide bonds. The molecule has 5 rings (SSSR count). The molecular formula is C23H18N4O5S. The molecule has 2 aliphatic rings. The number of benzene rings is 2. The summed E-state index contributed by atoms with van der Waals surface area (Å²) in [4.78, 5) is 55.3. The molecule has 9 nitrogen and oxygen atoms in total. The lowest BCUT2D eigenvalue weighted by Crippen LogP contribution is -2.45. The van der Waals surface area contributed by atoms with Crippen molar-refractivity contribution in [2.24, 2.45) is 0 Å². The number of carbonyl (C=O) groups excluding carboxylic acids is 4. The van der Waals surface area contributed by atoms with Gasteiger partial charge >= 0.3 is 0 Å². The van der Waals surface area contributed by atoms with Crippen LogP contribution >= 0.6 is 11.3 Å². The maximum Gasteiger partial charge on any atom is 0.265 e. The number of rotatable bonds is 4. The van der Waals surface area contributed by atoms with Crippen molar-refractivity contribution in [3.8, 4) is 17.0 Å². The first kappa shape index (κ1) is 20.8. The minimum Gasteiger partial charge on any atom is -0.479 e. The quantitative estimate of drug-likeness (QED) is 0.575. The van der Waals surface area contributed by atoms with Gasteiger partial charge in [-0.15, -0.1) is 11.3 Å². The van der Waals surface area contributed by atoms with E-state index in [0.29, 0.717) is 22.3 Å². The molecule has 2 atom stereocenters. The van der Waals surface area contributed by atoms with Gasteiger partial charge in [-0.2, -0.15) is 0 Å². The number of imide groups is 1. The zero-order valence-electron chi connectivity index (χ0n) is 17.6. The van der Waals surface area contributed by atoms with Gasteiger partial charge in [-0.3, -0.25) is 24.1 Å². The van der Waals surface area contributed by atoms with Crippen molar-refractivity contribution in [1.82, 2.24) is 9.88 Å². The monoisotopic (exact) mass is 462 g/mol. The number of thiazole rings is 1. The Morgan fingerprint density at radius 1 is 1.15 bits per heavy atom. The van der Waals surface area contributed by atoms with E-state index in [4.69, 9.17) is 4.74 Å². The van der Waals surface area contributed by atoms with E-state index in [9.17, 15) is 19.2 Å². The van der Waals surface area contributed by atoms with Gasteiger partial charge in [0, 0.05) is 10.9 Å². The number of ether oxygens (including phenoxy) is 1. The largest absolute Gasteiger partial charge is 0.479 e. The summed E-state index contributed by atoms with van der Waals surface area (Å²) >= 11 is 1.21. The summed E-state index contributed by atoms with van der Waals surface area (Å²) in [5.41, 5.74) is 2.46. The predicted octanol–water partition coefficient (Wildman–Crippen LogP) is 3.15. The molecule has 0 bridgehead atoms. The van der Waals surface area contributed by atoms with Crippen LogP contribution in [-0.2, 0) is 9.59 Å². The lowest BCUT2D eigenvalue weighted by molar-refractivity contribution is -0.122. The first-order valence-electron chi connectivity index (χ1n) is 10.2. The summed E-state index contributed by atoms with van der Waals surface area (Å²) in [6, 6.07) is 10.8. The smallest absolute Gasteiger partial charge is 0.265 e. The van der Waals surface area contributed by atoms with E-state index < -0.39 is 29.9 Å². The molecule has 0 aliphatic carbocycles. The van der Waals surface area contributed by atoms with Gasteiger partial charge < -0.3 is 15.4 Å². The van der Waals surface area contributed by atoms with Crippen molar-refractivity contribution in [1.29, 1.82) is 0 Å². The lowest BCUT2D eigenvalue weighted by Gasteiger charge is -2.23. The Balaban J connectivity index is 1.31. The second-order valence-electron chi connectivity index (χ2n) is 7.69. The molecule has 2 aliphatic heterocycles. The number of anilines is 2. The highest BCUT2D eigenvalue weighted by atomic mass is 32.1. The molecule has 3 aromatic rings. The van der Waals surface area contributed by atoms with Gasteiger partial charge in [-0.25, -0.2) is 4.98 Å². The Morgan fingerprint density at radius 2 is 1.85 bits per heavy atom. The Labute approximate surface area is 192 Å². The van der Waals surface area contributed by atoms with E-state index in [-0.39, 0.29) is 17.0 Å². The molecule has 1 aromatic heterocycles. The lowest BCUT2D eigenvalue weighted by atomic mass is 10.1. The fraction of sp³-hybridized carbons (Fsp3) is 0.174. The third kappa shape index (κ3) is 3.54. The van der Waals surface area contributed by atoms with Gasteiger partial charge in [-0.05, 0) is 44.2 Å². The van der Waals surface area contributed by atoms with Crippen LogP contribution in [0.4, 0.5) is 10.8 Å². The van der Waals surface area contributed by atoms with Crippen molar-refractivity contribution in [2.45, 2.75) is 26.0 Å². The van der Waals surface area contributed by atoms with E-state index in [0.717, 1.165) is 10.5 Å². The highest BCUT2D eigenvalue weighted by Crippen LogP contribution is 2.35. The minimum atomic E-state index is -1.01. The topological polar surface area (TPSA) is 118 Å². The summed E-state index contributed by atoms with van der Waals surface area (Å²) in [6.07, 6.45) is -0.561. The van der Waals surface area contributed by atoms with Crippen molar-refractivity contribution >= 4 is 45.8 Å². The summed E-state index contributed by atoms with van der Waals surface area (Å²) in [6.45, 7) is 3.17. The average molecular weight is 462 g/mol. The van der Waals surface area contributed by atoms with Crippen LogP contribution in [0.5, 0.6) is 5.75 Å². The maximum absolute atomic E-state index is 12.8. The van der Waals surface area contributed by atoms with Crippen LogP contribution in [-0.4, -0.2) is 45.7 Å². The molecule has 2 aromatic carbocycles. The number of nitrogens with one attached hydrogen (secondary N) is 2. The molecule has 0 spiro atoms. The van der Waals surface area contributed by atoms with Gasteiger partial charge in [-0.1, -0.05) is 12.1 Å². The van der Waals surface area contributed by atoms with E-state index in [1.54, 1.807) is 48.7 Å². The molecular weight excluding hydrogens is 444 g/mol. The molecule has 0 radical (unpaired) electrons. The second-order valence-corrected chi connectivity index (χ2v) is 8.55. The highest BCUT2D eigenvalue weighted by molar-refractivity contribution is 7.14. The zero-order valence-corrected chi connectivity index (χ0v) is 18.4. The summed E-state index contributed by atoms with van der Waals surface area (Å²) in [5.74, 6) is -1.17. The fourth-order valence-electron chi connectivity index (χ4n) is 3.72. The molecule has 166 valence electrons. The van der Waals surface area contributed by atoms with Gasteiger partial charge in [0.15, 0.2) is 11.2 Å². The van der Waals surface area contributed by atoms with Crippen LogP contribution in [0.1, 0.15) is 34.6 Å².